The summed E-state index contributed by atoms with van der Waals surface area (Å²) in [6, 6.07) is 1.93. The van der Waals surface area contributed by atoms with Crippen LogP contribution in [0.4, 0.5) is 0 Å². The van der Waals surface area contributed by atoms with E-state index in [1.807, 2.05) is 12.3 Å². The highest BCUT2D eigenvalue weighted by molar-refractivity contribution is 5.96. The predicted octanol–water partition coefficient (Wildman–Crippen LogP) is 4.38. The van der Waals surface area contributed by atoms with Gasteiger partial charge in [0.05, 0.1) is 21.3 Å². The molecule has 1 aromatic carbocycles. The van der Waals surface area contributed by atoms with E-state index in [9.17, 15) is 0 Å². The highest BCUT2D eigenvalue weighted by Gasteiger charge is 2.21. The molecule has 0 spiro atoms. The number of fused-ring (bicyclic) bond motifs is 1. The molecule has 4 nitrogen and oxygen atoms in total. The molecule has 1 heterocycles. The summed E-state index contributed by atoms with van der Waals surface area (Å²) < 4.78 is 16.9. The zero-order valence-corrected chi connectivity index (χ0v) is 13.9. The zero-order valence-electron chi connectivity index (χ0n) is 13.9. The Bertz CT molecular complexity index is 625. The Balaban J connectivity index is 2.55. The van der Waals surface area contributed by atoms with Crippen LogP contribution in [0, 0.1) is 0 Å². The molecular weight excluding hydrogens is 278 g/mol. The Morgan fingerprint density at radius 1 is 0.864 bits per heavy atom. The molecule has 0 saturated carbocycles. The van der Waals surface area contributed by atoms with Gasteiger partial charge >= 0.3 is 0 Å². The first kappa shape index (κ1) is 16.4. The molecule has 0 bridgehead atoms. The standard InChI is InChI=1S/C18H25NO3/c1-5-6-7-8-9-14-16(20-2)15-12-19-11-10-13(15)17(21-3)18(14)22-4/h10-12H,5-9H2,1-4H3. The molecule has 1 aromatic heterocycles. The van der Waals surface area contributed by atoms with Gasteiger partial charge in [0, 0.05) is 28.7 Å². The summed E-state index contributed by atoms with van der Waals surface area (Å²) in [5.41, 5.74) is 1.07. The second-order valence-electron chi connectivity index (χ2n) is 5.31. The second-order valence-corrected chi connectivity index (χ2v) is 5.31. The molecule has 2 aromatic rings. The molecule has 0 aliphatic heterocycles. The van der Waals surface area contributed by atoms with Crippen LogP contribution in [0.3, 0.4) is 0 Å². The van der Waals surface area contributed by atoms with Crippen molar-refractivity contribution in [1.82, 2.24) is 4.98 Å². The van der Waals surface area contributed by atoms with E-state index in [2.05, 4.69) is 11.9 Å². The largest absolute Gasteiger partial charge is 0.496 e. The van der Waals surface area contributed by atoms with Gasteiger partial charge in [0.15, 0.2) is 11.5 Å². The number of aromatic nitrogens is 1. The molecule has 0 fully saturated rings. The molecule has 0 N–H and O–H groups in total. The van der Waals surface area contributed by atoms with Crippen LogP contribution in [0.2, 0.25) is 0 Å². The number of benzene rings is 1. The monoisotopic (exact) mass is 303 g/mol. The van der Waals surface area contributed by atoms with Crippen LogP contribution in [0.25, 0.3) is 10.8 Å². The Hall–Kier alpha value is -1.97. The summed E-state index contributed by atoms with van der Waals surface area (Å²) in [6.45, 7) is 2.21. The Morgan fingerprint density at radius 3 is 2.23 bits per heavy atom. The molecular formula is C18H25NO3. The number of methoxy groups -OCH3 is 3. The molecule has 2 rings (SSSR count). The van der Waals surface area contributed by atoms with Crippen molar-refractivity contribution in [2.45, 2.75) is 39.0 Å². The number of pyridine rings is 1. The van der Waals surface area contributed by atoms with Crippen LogP contribution >= 0.6 is 0 Å². The van der Waals surface area contributed by atoms with Gasteiger partial charge in [-0.05, 0) is 18.9 Å². The second kappa shape index (κ2) is 7.87. The smallest absolute Gasteiger partial charge is 0.169 e. The van der Waals surface area contributed by atoms with Crippen molar-refractivity contribution in [2.24, 2.45) is 0 Å². The molecule has 0 aliphatic carbocycles. The molecule has 0 aliphatic rings. The lowest BCUT2D eigenvalue weighted by Crippen LogP contribution is -2.02. The number of hydrogen-bond donors (Lipinski definition) is 0. The van der Waals surface area contributed by atoms with Crippen molar-refractivity contribution in [3.63, 3.8) is 0 Å². The van der Waals surface area contributed by atoms with Crippen molar-refractivity contribution in [1.29, 1.82) is 0 Å². The van der Waals surface area contributed by atoms with Crippen molar-refractivity contribution in [3.05, 3.63) is 24.0 Å². The fraction of sp³-hybridized carbons (Fsp3) is 0.500. The Labute approximate surface area is 132 Å². The maximum atomic E-state index is 5.68. The SMILES string of the molecule is CCCCCCc1c(OC)c(OC)c2ccncc2c1OC. The van der Waals surface area contributed by atoms with Gasteiger partial charge in [0.25, 0.3) is 0 Å². The van der Waals surface area contributed by atoms with E-state index in [1.165, 1.54) is 19.3 Å². The van der Waals surface area contributed by atoms with E-state index in [4.69, 9.17) is 14.2 Å². The topological polar surface area (TPSA) is 40.6 Å². The van der Waals surface area contributed by atoms with Gasteiger partial charge < -0.3 is 14.2 Å². The summed E-state index contributed by atoms with van der Waals surface area (Å²) in [5.74, 6) is 2.37. The molecule has 0 radical (unpaired) electrons. The molecule has 120 valence electrons. The number of ether oxygens (including phenoxy) is 3. The van der Waals surface area contributed by atoms with E-state index >= 15 is 0 Å². The van der Waals surface area contributed by atoms with Gasteiger partial charge in [-0.15, -0.1) is 0 Å². The lowest BCUT2D eigenvalue weighted by molar-refractivity contribution is 0.348. The van der Waals surface area contributed by atoms with Gasteiger partial charge in [0.2, 0.25) is 0 Å². The first-order valence-electron chi connectivity index (χ1n) is 7.82. The van der Waals surface area contributed by atoms with E-state index in [1.54, 1.807) is 27.5 Å². The number of hydrogen-bond acceptors (Lipinski definition) is 4. The molecule has 22 heavy (non-hydrogen) atoms. The van der Waals surface area contributed by atoms with Crippen LogP contribution in [0.5, 0.6) is 17.2 Å². The fourth-order valence-electron chi connectivity index (χ4n) is 2.91. The highest BCUT2D eigenvalue weighted by Crippen LogP contribution is 2.45. The van der Waals surface area contributed by atoms with Crippen LogP contribution < -0.4 is 14.2 Å². The normalized spacial score (nSPS) is 10.7. The van der Waals surface area contributed by atoms with Crippen LogP contribution in [-0.4, -0.2) is 26.3 Å². The highest BCUT2D eigenvalue weighted by atomic mass is 16.5. The Kier molecular flexibility index (Phi) is 5.87. The number of rotatable bonds is 8. The van der Waals surface area contributed by atoms with Crippen molar-refractivity contribution in [3.8, 4) is 17.2 Å². The van der Waals surface area contributed by atoms with E-state index in [-0.39, 0.29) is 0 Å². The maximum Gasteiger partial charge on any atom is 0.169 e. The van der Waals surface area contributed by atoms with Crippen molar-refractivity contribution >= 4 is 10.8 Å². The summed E-state index contributed by atoms with van der Waals surface area (Å²) in [5, 5.41) is 1.93. The molecule has 0 saturated heterocycles. The zero-order chi connectivity index (χ0) is 15.9. The number of unbranched alkanes of at least 4 members (excludes halogenated alkanes) is 3. The molecule has 0 unspecified atom stereocenters. The van der Waals surface area contributed by atoms with Gasteiger partial charge in [-0.2, -0.15) is 0 Å². The van der Waals surface area contributed by atoms with Crippen molar-refractivity contribution in [2.75, 3.05) is 21.3 Å². The first-order valence-corrected chi connectivity index (χ1v) is 7.82. The third-order valence-electron chi connectivity index (χ3n) is 3.96. The summed E-state index contributed by atoms with van der Waals surface area (Å²) in [7, 11) is 5.05. The molecule has 4 heteroatoms. The minimum absolute atomic E-state index is 0.756. The lowest BCUT2D eigenvalue weighted by Gasteiger charge is -2.19. The van der Waals surface area contributed by atoms with Crippen molar-refractivity contribution < 1.29 is 14.2 Å². The average Bonchev–Trinajstić information content (AvgIpc) is 2.57. The van der Waals surface area contributed by atoms with E-state index in [0.717, 1.165) is 46.4 Å². The average molecular weight is 303 g/mol. The third-order valence-corrected chi connectivity index (χ3v) is 3.96. The minimum Gasteiger partial charge on any atom is -0.496 e. The minimum atomic E-state index is 0.756. The Morgan fingerprint density at radius 2 is 1.59 bits per heavy atom. The van der Waals surface area contributed by atoms with E-state index in [0.29, 0.717) is 0 Å². The van der Waals surface area contributed by atoms with Gasteiger partial charge in [-0.1, -0.05) is 26.2 Å². The lowest BCUT2D eigenvalue weighted by atomic mass is 9.99. The summed E-state index contributed by atoms with van der Waals surface area (Å²) in [4.78, 5) is 4.23. The molecule has 0 amide bonds. The predicted molar refractivity (Wildman–Crippen MR) is 89.2 cm³/mol. The third kappa shape index (κ3) is 3.11. The fourth-order valence-corrected chi connectivity index (χ4v) is 2.91. The maximum absolute atomic E-state index is 5.68. The molecule has 0 atom stereocenters. The van der Waals surface area contributed by atoms with Crippen LogP contribution in [-0.2, 0) is 6.42 Å². The summed E-state index contributed by atoms with van der Waals surface area (Å²) >= 11 is 0. The quantitative estimate of drug-likeness (QED) is 0.678. The van der Waals surface area contributed by atoms with Crippen LogP contribution in [0.15, 0.2) is 18.5 Å². The first-order chi connectivity index (χ1) is 10.8. The van der Waals surface area contributed by atoms with Gasteiger partial charge in [0.1, 0.15) is 5.75 Å². The van der Waals surface area contributed by atoms with Crippen LogP contribution in [0.1, 0.15) is 38.2 Å². The van der Waals surface area contributed by atoms with Gasteiger partial charge in [-0.25, -0.2) is 0 Å². The summed E-state index contributed by atoms with van der Waals surface area (Å²) in [6.07, 6.45) is 9.27. The van der Waals surface area contributed by atoms with E-state index < -0.39 is 0 Å². The number of nitrogens with zero attached hydrogens (tertiary/aromatic N) is 1. The van der Waals surface area contributed by atoms with Gasteiger partial charge in [-0.3, -0.25) is 4.98 Å².